The number of allylic oxidation sites excluding steroid dienone is 1. The largest absolute Gasteiger partial charge is 0.493 e. The van der Waals surface area contributed by atoms with Gasteiger partial charge in [0.1, 0.15) is 5.56 Å². The van der Waals surface area contributed by atoms with Gasteiger partial charge in [-0.3, -0.25) is 4.79 Å². The molecule has 3 rings (SSSR count). The van der Waals surface area contributed by atoms with Gasteiger partial charge in [-0.1, -0.05) is 18.2 Å². The van der Waals surface area contributed by atoms with E-state index >= 15 is 0 Å². The molecule has 3 aromatic rings. The van der Waals surface area contributed by atoms with E-state index in [2.05, 4.69) is 0 Å². The van der Waals surface area contributed by atoms with Crippen molar-refractivity contribution >= 4 is 22.8 Å². The normalized spacial score (nSPS) is 10.9. The fourth-order valence-electron chi connectivity index (χ4n) is 3.02. The minimum atomic E-state index is -0.728. The van der Waals surface area contributed by atoms with Crippen LogP contribution in [0, 0.1) is 0 Å². The van der Waals surface area contributed by atoms with Gasteiger partial charge < -0.3 is 23.4 Å². The lowest BCUT2D eigenvalue weighted by atomic mass is 10.1. The van der Waals surface area contributed by atoms with E-state index in [-0.39, 0.29) is 5.56 Å². The molecule has 0 aliphatic carbocycles. The number of benzene rings is 2. The average molecular weight is 410 g/mol. The Morgan fingerprint density at radius 3 is 2.30 bits per heavy atom. The van der Waals surface area contributed by atoms with E-state index in [1.165, 1.54) is 33.5 Å². The molecular formula is C23H22O7. The lowest BCUT2D eigenvalue weighted by Gasteiger charge is -2.12. The fourth-order valence-corrected chi connectivity index (χ4v) is 3.02. The summed E-state index contributed by atoms with van der Waals surface area (Å²) in [4.78, 5) is 25.1. The maximum absolute atomic E-state index is 12.7. The molecule has 0 N–H and O–H groups in total. The SMILES string of the molecule is CCOc1cccc2cc(C(=O)C=Cc3cc(OC)c(OC)c(OC)c3)c(=O)oc12. The van der Waals surface area contributed by atoms with Gasteiger partial charge in [-0.05, 0) is 42.8 Å². The van der Waals surface area contributed by atoms with Crippen molar-refractivity contribution in [2.45, 2.75) is 6.92 Å². The van der Waals surface area contributed by atoms with Gasteiger partial charge in [0.05, 0.1) is 27.9 Å². The van der Waals surface area contributed by atoms with Crippen LogP contribution in [0.4, 0.5) is 0 Å². The Morgan fingerprint density at radius 2 is 1.70 bits per heavy atom. The van der Waals surface area contributed by atoms with Gasteiger partial charge in [-0.2, -0.15) is 0 Å². The van der Waals surface area contributed by atoms with Gasteiger partial charge >= 0.3 is 5.63 Å². The number of para-hydroxylation sites is 1. The summed E-state index contributed by atoms with van der Waals surface area (Å²) in [6, 6.07) is 10.1. The molecule has 0 saturated heterocycles. The topological polar surface area (TPSA) is 84.2 Å². The van der Waals surface area contributed by atoms with Gasteiger partial charge in [0.2, 0.25) is 5.75 Å². The molecule has 0 radical (unpaired) electrons. The standard InChI is InChI=1S/C23H22O7/c1-5-29-18-8-6-7-15-13-16(23(25)30-21(15)18)17(24)10-9-14-11-19(26-2)22(28-4)20(12-14)27-3/h6-13H,5H2,1-4H3. The van der Waals surface area contributed by atoms with Crippen LogP contribution in [-0.2, 0) is 0 Å². The summed E-state index contributed by atoms with van der Waals surface area (Å²) >= 11 is 0. The molecule has 0 spiro atoms. The lowest BCUT2D eigenvalue weighted by molar-refractivity contribution is 0.104. The van der Waals surface area contributed by atoms with Crippen molar-refractivity contribution in [1.82, 2.24) is 0 Å². The van der Waals surface area contributed by atoms with Crippen LogP contribution in [0.15, 0.2) is 51.7 Å². The number of rotatable bonds is 8. The molecule has 7 nitrogen and oxygen atoms in total. The number of carbonyl (C=O) groups is 1. The fraction of sp³-hybridized carbons (Fsp3) is 0.217. The lowest BCUT2D eigenvalue weighted by Crippen LogP contribution is -2.12. The number of ketones is 1. The number of fused-ring (bicyclic) bond motifs is 1. The summed E-state index contributed by atoms with van der Waals surface area (Å²) < 4.78 is 26.7. The van der Waals surface area contributed by atoms with Gasteiger partial charge in [-0.25, -0.2) is 4.79 Å². The summed E-state index contributed by atoms with van der Waals surface area (Å²) in [5, 5.41) is 0.602. The number of hydrogen-bond donors (Lipinski definition) is 0. The van der Waals surface area contributed by atoms with Crippen molar-refractivity contribution in [3.8, 4) is 23.0 Å². The van der Waals surface area contributed by atoms with Gasteiger partial charge in [0, 0.05) is 5.39 Å². The van der Waals surface area contributed by atoms with Crippen molar-refractivity contribution in [3.63, 3.8) is 0 Å². The predicted molar refractivity (Wildman–Crippen MR) is 113 cm³/mol. The summed E-state index contributed by atoms with van der Waals surface area (Å²) in [7, 11) is 4.52. The zero-order chi connectivity index (χ0) is 21.7. The number of carbonyl (C=O) groups excluding carboxylic acids is 1. The summed E-state index contributed by atoms with van der Waals surface area (Å²) in [5.41, 5.74) is 0.158. The predicted octanol–water partition coefficient (Wildman–Crippen LogP) is 4.11. The molecule has 0 bridgehead atoms. The Balaban J connectivity index is 1.96. The Morgan fingerprint density at radius 1 is 1.00 bits per heavy atom. The molecule has 1 heterocycles. The van der Waals surface area contributed by atoms with Gasteiger partial charge in [0.15, 0.2) is 28.6 Å². The molecular weight excluding hydrogens is 388 g/mol. The highest BCUT2D eigenvalue weighted by Gasteiger charge is 2.15. The molecule has 2 aromatic carbocycles. The van der Waals surface area contributed by atoms with Crippen LogP contribution >= 0.6 is 0 Å². The van der Waals surface area contributed by atoms with Crippen LogP contribution in [0.3, 0.4) is 0 Å². The molecule has 0 atom stereocenters. The highest BCUT2D eigenvalue weighted by Crippen LogP contribution is 2.38. The van der Waals surface area contributed by atoms with E-state index in [1.54, 1.807) is 36.4 Å². The van der Waals surface area contributed by atoms with E-state index in [0.29, 0.717) is 46.1 Å². The maximum Gasteiger partial charge on any atom is 0.347 e. The molecule has 0 amide bonds. The van der Waals surface area contributed by atoms with E-state index in [1.807, 2.05) is 6.92 Å². The number of hydrogen-bond acceptors (Lipinski definition) is 7. The molecule has 0 unspecified atom stereocenters. The van der Waals surface area contributed by atoms with Crippen LogP contribution in [0.25, 0.3) is 17.0 Å². The van der Waals surface area contributed by atoms with Crippen molar-refractivity contribution in [3.05, 3.63) is 64.0 Å². The van der Waals surface area contributed by atoms with Crippen LogP contribution < -0.4 is 24.6 Å². The highest BCUT2D eigenvalue weighted by atomic mass is 16.5. The zero-order valence-electron chi connectivity index (χ0n) is 17.2. The van der Waals surface area contributed by atoms with E-state index in [4.69, 9.17) is 23.4 Å². The van der Waals surface area contributed by atoms with Crippen LogP contribution in [-0.4, -0.2) is 33.7 Å². The minimum absolute atomic E-state index is 0.0696. The quantitative estimate of drug-likeness (QED) is 0.314. The van der Waals surface area contributed by atoms with Crippen molar-refractivity contribution in [2.75, 3.05) is 27.9 Å². The second-order valence-electron chi connectivity index (χ2n) is 6.21. The molecule has 0 aliphatic heterocycles. The highest BCUT2D eigenvalue weighted by molar-refractivity contribution is 6.08. The van der Waals surface area contributed by atoms with Crippen molar-refractivity contribution in [1.29, 1.82) is 0 Å². The third-order valence-corrected chi connectivity index (χ3v) is 4.40. The molecule has 7 heteroatoms. The summed E-state index contributed by atoms with van der Waals surface area (Å²) in [6.07, 6.45) is 2.86. The van der Waals surface area contributed by atoms with Crippen molar-refractivity contribution < 1.29 is 28.2 Å². The number of ether oxygens (including phenoxy) is 4. The van der Waals surface area contributed by atoms with E-state index in [0.717, 1.165) is 0 Å². The third-order valence-electron chi connectivity index (χ3n) is 4.40. The van der Waals surface area contributed by atoms with Crippen LogP contribution in [0.5, 0.6) is 23.0 Å². The first-order valence-electron chi connectivity index (χ1n) is 9.24. The number of methoxy groups -OCH3 is 3. The van der Waals surface area contributed by atoms with Gasteiger partial charge in [0.25, 0.3) is 0 Å². The Kier molecular flexibility index (Phi) is 6.41. The first kappa shape index (κ1) is 21.0. The molecule has 30 heavy (non-hydrogen) atoms. The second kappa shape index (κ2) is 9.17. The first-order valence-corrected chi connectivity index (χ1v) is 9.24. The van der Waals surface area contributed by atoms with E-state index < -0.39 is 11.4 Å². The maximum atomic E-state index is 12.7. The Hall–Kier alpha value is -3.74. The average Bonchev–Trinajstić information content (AvgIpc) is 2.76. The summed E-state index contributed by atoms with van der Waals surface area (Å²) in [6.45, 7) is 2.27. The molecule has 0 saturated carbocycles. The Bertz CT molecular complexity index is 1130. The van der Waals surface area contributed by atoms with Crippen molar-refractivity contribution in [2.24, 2.45) is 0 Å². The molecule has 0 fully saturated rings. The smallest absolute Gasteiger partial charge is 0.347 e. The van der Waals surface area contributed by atoms with Crippen LogP contribution in [0.2, 0.25) is 0 Å². The molecule has 1 aromatic heterocycles. The Labute approximate surface area is 173 Å². The monoisotopic (exact) mass is 410 g/mol. The zero-order valence-corrected chi connectivity index (χ0v) is 17.2. The first-order chi connectivity index (χ1) is 14.5. The molecule has 0 aliphatic rings. The summed E-state index contributed by atoms with van der Waals surface area (Å²) in [5.74, 6) is 1.33. The molecule has 156 valence electrons. The van der Waals surface area contributed by atoms with Crippen LogP contribution in [0.1, 0.15) is 22.8 Å². The minimum Gasteiger partial charge on any atom is -0.493 e. The van der Waals surface area contributed by atoms with Gasteiger partial charge in [-0.15, -0.1) is 0 Å². The second-order valence-corrected chi connectivity index (χ2v) is 6.21. The third kappa shape index (κ3) is 4.15. The van der Waals surface area contributed by atoms with E-state index in [9.17, 15) is 9.59 Å².